The summed E-state index contributed by atoms with van der Waals surface area (Å²) in [7, 11) is 1.36. The van der Waals surface area contributed by atoms with E-state index < -0.39 is 5.54 Å². The minimum Gasteiger partial charge on any atom is -0.467 e. The first-order chi connectivity index (χ1) is 10.0. The Bertz CT molecular complexity index is 538. The number of fused-ring (bicyclic) bond motifs is 1. The molecule has 0 spiro atoms. The smallest absolute Gasteiger partial charge is 0.331 e. The first-order valence-electron chi connectivity index (χ1n) is 7.52. The summed E-state index contributed by atoms with van der Waals surface area (Å²) in [5, 5.41) is 4.82. The van der Waals surface area contributed by atoms with Crippen LogP contribution in [0.15, 0.2) is 5.38 Å². The van der Waals surface area contributed by atoms with Gasteiger partial charge in [-0.1, -0.05) is 13.3 Å². The summed E-state index contributed by atoms with van der Waals surface area (Å²) < 4.78 is 4.85. The van der Waals surface area contributed by atoms with E-state index in [-0.39, 0.29) is 11.9 Å². The number of thiophene rings is 1. The van der Waals surface area contributed by atoms with Crippen molar-refractivity contribution in [1.82, 2.24) is 5.32 Å². The maximum Gasteiger partial charge on any atom is 0.331 e. The molecule has 1 aromatic rings. The Morgan fingerprint density at radius 3 is 2.76 bits per heavy atom. The van der Waals surface area contributed by atoms with Gasteiger partial charge in [-0.05, 0) is 44.6 Å². The van der Waals surface area contributed by atoms with Crippen molar-refractivity contribution in [3.8, 4) is 0 Å². The van der Waals surface area contributed by atoms with Gasteiger partial charge in [0, 0.05) is 10.3 Å². The molecule has 116 valence electrons. The fourth-order valence-corrected chi connectivity index (χ4v) is 4.07. The third-order valence-corrected chi connectivity index (χ3v) is 5.17. The summed E-state index contributed by atoms with van der Waals surface area (Å²) >= 11 is 1.66. The van der Waals surface area contributed by atoms with Crippen LogP contribution in [0.3, 0.4) is 0 Å². The van der Waals surface area contributed by atoms with Crippen LogP contribution in [-0.2, 0) is 22.4 Å². The highest BCUT2D eigenvalue weighted by Gasteiger charge is 2.36. The molecule has 1 atom stereocenters. The van der Waals surface area contributed by atoms with Crippen LogP contribution in [0.1, 0.15) is 60.3 Å². The Morgan fingerprint density at radius 2 is 2.10 bits per heavy atom. The van der Waals surface area contributed by atoms with E-state index in [1.54, 1.807) is 18.3 Å². The highest BCUT2D eigenvalue weighted by atomic mass is 32.1. The predicted octanol–water partition coefficient (Wildman–Crippen LogP) is 3.09. The normalized spacial score (nSPS) is 16.7. The van der Waals surface area contributed by atoms with Crippen molar-refractivity contribution in [2.45, 2.75) is 57.9 Å². The standard InChI is InChI=1S/C16H23NO3S/c1-4-9-16(2,15(19)20-3)17-14(18)12-10-21-13-8-6-5-7-11(12)13/h10H,4-9H2,1-3H3,(H,17,18)/t16-/m0/s1. The van der Waals surface area contributed by atoms with Crippen LogP contribution in [0, 0.1) is 0 Å². The van der Waals surface area contributed by atoms with Gasteiger partial charge in [0.1, 0.15) is 5.54 Å². The first-order valence-corrected chi connectivity index (χ1v) is 8.40. The van der Waals surface area contributed by atoms with Crippen LogP contribution in [-0.4, -0.2) is 24.5 Å². The van der Waals surface area contributed by atoms with E-state index in [4.69, 9.17) is 4.74 Å². The molecule has 5 heteroatoms. The molecule has 0 unspecified atom stereocenters. The molecule has 1 aliphatic rings. The molecule has 0 aliphatic heterocycles. The van der Waals surface area contributed by atoms with Crippen molar-refractivity contribution in [2.24, 2.45) is 0 Å². The minimum absolute atomic E-state index is 0.157. The van der Waals surface area contributed by atoms with E-state index in [2.05, 4.69) is 5.32 Å². The zero-order chi connectivity index (χ0) is 15.5. The SMILES string of the molecule is CCC[C@](C)(NC(=O)c1csc2c1CCCC2)C(=O)OC. The maximum atomic E-state index is 12.6. The highest BCUT2D eigenvalue weighted by molar-refractivity contribution is 7.10. The molecule has 0 fully saturated rings. The third-order valence-electron chi connectivity index (χ3n) is 4.08. The van der Waals surface area contributed by atoms with Crippen molar-refractivity contribution in [1.29, 1.82) is 0 Å². The molecule has 0 radical (unpaired) electrons. The molecule has 1 amide bonds. The highest BCUT2D eigenvalue weighted by Crippen LogP contribution is 2.30. The van der Waals surface area contributed by atoms with Crippen LogP contribution < -0.4 is 5.32 Å². The van der Waals surface area contributed by atoms with Crippen molar-refractivity contribution in [3.05, 3.63) is 21.4 Å². The van der Waals surface area contributed by atoms with Gasteiger partial charge < -0.3 is 10.1 Å². The summed E-state index contributed by atoms with van der Waals surface area (Å²) in [6.07, 6.45) is 5.73. The summed E-state index contributed by atoms with van der Waals surface area (Å²) in [5.74, 6) is -0.544. The Kier molecular flexibility index (Phi) is 5.04. The molecule has 21 heavy (non-hydrogen) atoms. The molecule has 0 saturated carbocycles. The Hall–Kier alpha value is -1.36. The van der Waals surface area contributed by atoms with Crippen molar-refractivity contribution in [3.63, 3.8) is 0 Å². The average molecular weight is 309 g/mol. The Morgan fingerprint density at radius 1 is 1.38 bits per heavy atom. The topological polar surface area (TPSA) is 55.4 Å². The second-order valence-corrected chi connectivity index (χ2v) is 6.75. The van der Waals surface area contributed by atoms with Crippen LogP contribution >= 0.6 is 11.3 Å². The molecule has 1 aromatic heterocycles. The fraction of sp³-hybridized carbons (Fsp3) is 0.625. The van der Waals surface area contributed by atoms with Gasteiger partial charge in [0.05, 0.1) is 12.7 Å². The van der Waals surface area contributed by atoms with Gasteiger partial charge in [-0.2, -0.15) is 0 Å². The fourth-order valence-electron chi connectivity index (χ4n) is 2.94. The number of ether oxygens (including phenoxy) is 1. The van der Waals surface area contributed by atoms with E-state index in [0.717, 1.165) is 31.2 Å². The molecule has 1 heterocycles. The lowest BCUT2D eigenvalue weighted by Gasteiger charge is -2.27. The third kappa shape index (κ3) is 3.28. The molecule has 4 nitrogen and oxygen atoms in total. The molecule has 0 aromatic carbocycles. The monoisotopic (exact) mass is 309 g/mol. The van der Waals surface area contributed by atoms with E-state index in [9.17, 15) is 9.59 Å². The van der Waals surface area contributed by atoms with E-state index in [1.165, 1.54) is 24.0 Å². The number of esters is 1. The summed E-state index contributed by atoms with van der Waals surface area (Å²) in [4.78, 5) is 25.9. The second-order valence-electron chi connectivity index (χ2n) is 5.79. The number of rotatable bonds is 5. The van der Waals surface area contributed by atoms with Gasteiger partial charge in [-0.25, -0.2) is 4.79 Å². The van der Waals surface area contributed by atoms with Gasteiger partial charge in [0.15, 0.2) is 0 Å². The number of methoxy groups -OCH3 is 1. The molecule has 0 saturated heterocycles. The second kappa shape index (κ2) is 6.60. The molecular weight excluding hydrogens is 286 g/mol. The van der Waals surface area contributed by atoms with Crippen LogP contribution in [0.25, 0.3) is 0 Å². The number of carbonyl (C=O) groups is 2. The number of amides is 1. The zero-order valence-corrected chi connectivity index (χ0v) is 13.8. The lowest BCUT2D eigenvalue weighted by Crippen LogP contribution is -2.52. The molecule has 1 N–H and O–H groups in total. The molecule has 0 bridgehead atoms. The maximum absolute atomic E-state index is 12.6. The quantitative estimate of drug-likeness (QED) is 0.850. The van der Waals surface area contributed by atoms with Crippen molar-refractivity contribution >= 4 is 23.2 Å². The average Bonchev–Trinajstić information content (AvgIpc) is 2.90. The largest absolute Gasteiger partial charge is 0.467 e. The van der Waals surface area contributed by atoms with Crippen molar-refractivity contribution in [2.75, 3.05) is 7.11 Å². The molecule has 1 aliphatic carbocycles. The van der Waals surface area contributed by atoms with Gasteiger partial charge in [0.25, 0.3) is 5.91 Å². The van der Waals surface area contributed by atoms with Gasteiger partial charge in [-0.3, -0.25) is 4.79 Å². The van der Waals surface area contributed by atoms with Crippen LogP contribution in [0.2, 0.25) is 0 Å². The predicted molar refractivity (Wildman–Crippen MR) is 83.8 cm³/mol. The number of carbonyl (C=O) groups excluding carboxylic acids is 2. The van der Waals surface area contributed by atoms with Gasteiger partial charge in [-0.15, -0.1) is 11.3 Å². The van der Waals surface area contributed by atoms with Crippen LogP contribution in [0.4, 0.5) is 0 Å². The number of hydrogen-bond donors (Lipinski definition) is 1. The van der Waals surface area contributed by atoms with Crippen molar-refractivity contribution < 1.29 is 14.3 Å². The zero-order valence-electron chi connectivity index (χ0n) is 13.0. The summed E-state index contributed by atoms with van der Waals surface area (Å²) in [6.45, 7) is 3.72. The summed E-state index contributed by atoms with van der Waals surface area (Å²) in [5.41, 5.74) is 0.956. The lowest BCUT2D eigenvalue weighted by atomic mass is 9.93. The Labute approximate surface area is 129 Å². The van der Waals surface area contributed by atoms with Crippen LogP contribution in [0.5, 0.6) is 0 Å². The van der Waals surface area contributed by atoms with Gasteiger partial charge in [0.2, 0.25) is 0 Å². The van der Waals surface area contributed by atoms with E-state index in [1.807, 2.05) is 12.3 Å². The lowest BCUT2D eigenvalue weighted by molar-refractivity contribution is -0.147. The summed E-state index contributed by atoms with van der Waals surface area (Å²) in [6, 6.07) is 0. The van der Waals surface area contributed by atoms with E-state index in [0.29, 0.717) is 6.42 Å². The first kappa shape index (κ1) is 16.0. The molecule has 2 rings (SSSR count). The van der Waals surface area contributed by atoms with Gasteiger partial charge >= 0.3 is 5.97 Å². The molecular formula is C16H23NO3S. The minimum atomic E-state index is -0.954. The number of nitrogens with one attached hydrogen (secondary N) is 1. The number of aryl methyl sites for hydroxylation is 1. The Balaban J connectivity index is 2.19. The number of hydrogen-bond acceptors (Lipinski definition) is 4. The van der Waals surface area contributed by atoms with E-state index >= 15 is 0 Å².